The number of aromatic amines is 1. The zero-order valence-electron chi connectivity index (χ0n) is 21.3. The molecule has 0 spiro atoms. The van der Waals surface area contributed by atoms with Crippen LogP contribution in [-0.4, -0.2) is 31.0 Å². The number of fused-ring (bicyclic) bond motifs is 1. The minimum absolute atomic E-state index is 0.0866. The van der Waals surface area contributed by atoms with E-state index in [0.717, 1.165) is 21.9 Å². The molecule has 5 rings (SSSR count). The summed E-state index contributed by atoms with van der Waals surface area (Å²) in [5.41, 5.74) is 1.25. The van der Waals surface area contributed by atoms with Crippen molar-refractivity contribution in [3.05, 3.63) is 111 Å². The molecule has 206 valence electrons. The lowest BCUT2D eigenvalue weighted by Crippen LogP contribution is -2.26. The van der Waals surface area contributed by atoms with Gasteiger partial charge < -0.3 is 0 Å². The van der Waals surface area contributed by atoms with Gasteiger partial charge in [0.05, 0.1) is 4.90 Å². The van der Waals surface area contributed by atoms with Gasteiger partial charge in [-0.05, 0) is 60.0 Å². The van der Waals surface area contributed by atoms with E-state index in [1.54, 1.807) is 32.0 Å². The van der Waals surface area contributed by atoms with E-state index in [0.29, 0.717) is 21.2 Å². The summed E-state index contributed by atoms with van der Waals surface area (Å²) >= 11 is 7.65. The number of benzene rings is 4. The van der Waals surface area contributed by atoms with Crippen molar-refractivity contribution in [2.24, 2.45) is 0 Å². The van der Waals surface area contributed by atoms with Gasteiger partial charge >= 0.3 is 5.69 Å². The number of anilines is 1. The zero-order valence-corrected chi connectivity index (χ0v) is 24.5. The molecule has 0 unspecified atom stereocenters. The predicted molar refractivity (Wildman–Crippen MR) is 157 cm³/mol. The fourth-order valence-corrected chi connectivity index (χ4v) is 7.99. The third-order valence-electron chi connectivity index (χ3n) is 6.15. The highest BCUT2D eigenvalue weighted by molar-refractivity contribution is 7.99. The van der Waals surface area contributed by atoms with E-state index in [9.17, 15) is 21.6 Å². The summed E-state index contributed by atoms with van der Waals surface area (Å²) < 4.78 is 55.3. The number of rotatable bonds is 8. The molecule has 0 saturated carbocycles. The summed E-state index contributed by atoms with van der Waals surface area (Å²) in [5, 5.41) is 6.23. The van der Waals surface area contributed by atoms with Crippen LogP contribution < -0.4 is 10.4 Å². The van der Waals surface area contributed by atoms with Crippen LogP contribution in [0.5, 0.6) is 0 Å². The van der Waals surface area contributed by atoms with Crippen molar-refractivity contribution in [3.8, 4) is 0 Å². The van der Waals surface area contributed by atoms with E-state index in [-0.39, 0.29) is 13.9 Å². The Morgan fingerprint density at radius 1 is 0.950 bits per heavy atom. The molecule has 1 aromatic heterocycles. The van der Waals surface area contributed by atoms with Gasteiger partial charge in [-0.15, -0.1) is 16.9 Å². The second-order valence-electron chi connectivity index (χ2n) is 9.02. The maximum atomic E-state index is 13.5. The summed E-state index contributed by atoms with van der Waals surface area (Å²) in [6, 6.07) is 22.7. The van der Waals surface area contributed by atoms with Crippen molar-refractivity contribution in [3.63, 3.8) is 0 Å². The van der Waals surface area contributed by atoms with Crippen LogP contribution >= 0.6 is 23.4 Å². The molecule has 4 aromatic carbocycles. The lowest BCUT2D eigenvalue weighted by atomic mass is 10.1. The smallest absolute Gasteiger partial charge is 0.273 e. The molecule has 0 radical (unpaired) electrons. The lowest BCUT2D eigenvalue weighted by molar-refractivity contribution is 0.577. The van der Waals surface area contributed by atoms with Crippen LogP contribution in [0.25, 0.3) is 10.8 Å². The fourth-order valence-electron chi connectivity index (χ4n) is 4.04. The first kappa shape index (κ1) is 28.0. The third kappa shape index (κ3) is 5.52. The molecular formula is C27H23ClN4O5S3. The van der Waals surface area contributed by atoms with E-state index in [2.05, 4.69) is 14.8 Å². The molecule has 40 heavy (non-hydrogen) atoms. The topological polar surface area (TPSA) is 131 Å². The van der Waals surface area contributed by atoms with Crippen LogP contribution in [0.4, 0.5) is 5.95 Å². The van der Waals surface area contributed by atoms with E-state index < -0.39 is 31.7 Å². The van der Waals surface area contributed by atoms with Gasteiger partial charge in [0.15, 0.2) is 0 Å². The van der Waals surface area contributed by atoms with Crippen LogP contribution in [0.1, 0.15) is 16.7 Å². The van der Waals surface area contributed by atoms with Gasteiger partial charge in [0.25, 0.3) is 20.0 Å². The Balaban J connectivity index is 1.46. The van der Waals surface area contributed by atoms with Crippen LogP contribution in [0.2, 0.25) is 5.02 Å². The average molecular weight is 615 g/mol. The van der Waals surface area contributed by atoms with Crippen LogP contribution in [0.15, 0.2) is 98.3 Å². The largest absolute Gasteiger partial charge is 0.359 e. The maximum absolute atomic E-state index is 13.5. The lowest BCUT2D eigenvalue weighted by Gasteiger charge is -2.13. The highest BCUT2D eigenvalue weighted by atomic mass is 35.5. The number of nitrogens with zero attached hydrogens (tertiary/aromatic N) is 2. The van der Waals surface area contributed by atoms with Crippen molar-refractivity contribution in [2.45, 2.75) is 34.3 Å². The minimum atomic E-state index is -4.36. The first-order valence-corrected chi connectivity index (χ1v) is 16.2. The molecule has 0 aliphatic heterocycles. The summed E-state index contributed by atoms with van der Waals surface area (Å²) in [6.07, 6.45) is 0. The molecule has 0 bridgehead atoms. The number of thioether (sulfide) groups is 1. The number of hydrogen-bond acceptors (Lipinski definition) is 7. The summed E-state index contributed by atoms with van der Waals surface area (Å²) in [6.45, 7) is 3.46. The van der Waals surface area contributed by atoms with Gasteiger partial charge in [0, 0.05) is 15.7 Å². The predicted octanol–water partition coefficient (Wildman–Crippen LogP) is 5.32. The Hall–Kier alpha value is -3.58. The van der Waals surface area contributed by atoms with Crippen LogP contribution in [0.3, 0.4) is 0 Å². The van der Waals surface area contributed by atoms with Crippen molar-refractivity contribution < 1.29 is 16.8 Å². The molecule has 13 heteroatoms. The van der Waals surface area contributed by atoms with Gasteiger partial charge in [-0.2, -0.15) is 8.42 Å². The molecule has 0 fully saturated rings. The number of sulfonamides is 1. The number of hydrogen-bond donors (Lipinski definition) is 2. The Morgan fingerprint density at radius 2 is 1.65 bits per heavy atom. The summed E-state index contributed by atoms with van der Waals surface area (Å²) in [7, 11) is -8.68. The standard InChI is InChI=1S/C27H23ClN4O5S3/c1-17-10-12-21(13-11-17)40(36,37)32-27(33)29-26(30-32)31-39(34,35)25-14-18(2)23(28)15-24(25)38-16-20-8-5-7-19-6-3-4-9-22(19)20/h3-15H,16H2,1-2H3,(H2,29,30,31,33). The van der Waals surface area contributed by atoms with Gasteiger partial charge in [-0.1, -0.05) is 75.8 Å². The molecule has 1 heterocycles. The average Bonchev–Trinajstić information content (AvgIpc) is 3.29. The molecule has 2 N–H and O–H groups in total. The van der Waals surface area contributed by atoms with Crippen molar-refractivity contribution in [2.75, 3.05) is 4.72 Å². The van der Waals surface area contributed by atoms with E-state index >= 15 is 0 Å². The number of nitrogens with one attached hydrogen (secondary N) is 2. The van der Waals surface area contributed by atoms with Gasteiger partial charge in [-0.25, -0.2) is 17.9 Å². The molecule has 0 aliphatic rings. The summed E-state index contributed by atoms with van der Waals surface area (Å²) in [5.74, 6) is -0.0814. The second-order valence-corrected chi connectivity index (χ2v) is 13.9. The Kier molecular flexibility index (Phi) is 7.53. The maximum Gasteiger partial charge on any atom is 0.359 e. The van der Waals surface area contributed by atoms with Crippen LogP contribution in [0, 0.1) is 13.8 Å². The summed E-state index contributed by atoms with van der Waals surface area (Å²) in [4.78, 5) is 14.8. The zero-order chi connectivity index (χ0) is 28.7. The van der Waals surface area contributed by atoms with Gasteiger partial charge in [0.2, 0.25) is 5.95 Å². The Bertz CT molecular complexity index is 2010. The third-order valence-corrected chi connectivity index (χ3v) is 10.7. The van der Waals surface area contributed by atoms with Crippen molar-refractivity contribution in [1.29, 1.82) is 0 Å². The first-order chi connectivity index (χ1) is 19.0. The number of aryl methyl sites for hydroxylation is 2. The molecule has 5 aromatic rings. The normalized spacial score (nSPS) is 12.1. The monoisotopic (exact) mass is 614 g/mol. The van der Waals surface area contributed by atoms with Crippen molar-refractivity contribution in [1.82, 2.24) is 14.2 Å². The number of H-pyrrole nitrogens is 1. The number of halogens is 1. The minimum Gasteiger partial charge on any atom is -0.273 e. The molecule has 0 saturated heterocycles. The van der Waals surface area contributed by atoms with E-state index in [1.165, 1.54) is 30.0 Å². The molecule has 9 nitrogen and oxygen atoms in total. The Labute approximate surface area is 240 Å². The molecule has 0 amide bonds. The quantitative estimate of drug-likeness (QED) is 0.226. The van der Waals surface area contributed by atoms with E-state index in [4.69, 9.17) is 11.6 Å². The fraction of sp³-hybridized carbons (Fsp3) is 0.111. The van der Waals surface area contributed by atoms with E-state index in [1.807, 2.05) is 42.5 Å². The van der Waals surface area contributed by atoms with Gasteiger partial charge in [0.1, 0.15) is 4.90 Å². The van der Waals surface area contributed by atoms with Gasteiger partial charge in [-0.3, -0.25) is 4.98 Å². The molecule has 0 atom stereocenters. The highest BCUT2D eigenvalue weighted by Gasteiger charge is 2.26. The SMILES string of the molecule is Cc1ccc(S(=O)(=O)n2nc(NS(=O)(=O)c3cc(C)c(Cl)cc3SCc3cccc4ccccc34)[nH]c2=O)cc1. The second kappa shape index (κ2) is 10.8. The molecule has 0 aliphatic carbocycles. The Morgan fingerprint density at radius 3 is 2.40 bits per heavy atom. The molecular weight excluding hydrogens is 592 g/mol. The number of aromatic nitrogens is 3. The van der Waals surface area contributed by atoms with Crippen molar-refractivity contribution >= 4 is 60.1 Å². The highest BCUT2D eigenvalue weighted by Crippen LogP contribution is 2.35. The van der Waals surface area contributed by atoms with Crippen LogP contribution in [-0.2, 0) is 25.8 Å². The first-order valence-electron chi connectivity index (χ1n) is 11.9.